The van der Waals surface area contributed by atoms with Gasteiger partial charge in [-0.1, -0.05) is 20.8 Å². The third kappa shape index (κ3) is 5.33. The molecular formula is C17H30N4O2S. The van der Waals surface area contributed by atoms with Crippen LogP contribution >= 0.6 is 11.5 Å². The lowest BCUT2D eigenvalue weighted by Gasteiger charge is -2.35. The van der Waals surface area contributed by atoms with Crippen LogP contribution in [0.15, 0.2) is 0 Å². The molecule has 1 aliphatic heterocycles. The van der Waals surface area contributed by atoms with Crippen LogP contribution in [0.1, 0.15) is 66.6 Å². The number of nitrogens with zero attached hydrogens (tertiary/aromatic N) is 3. The molecule has 1 aromatic heterocycles. The van der Waals surface area contributed by atoms with E-state index >= 15 is 0 Å². The molecule has 1 aliphatic rings. The first-order valence-electron chi connectivity index (χ1n) is 8.64. The number of carbonyl (C=O) groups excluding carboxylic acids is 1. The number of hydrogen-bond donors (Lipinski definition) is 1. The van der Waals surface area contributed by atoms with Crippen molar-refractivity contribution in [3.63, 3.8) is 0 Å². The van der Waals surface area contributed by atoms with Gasteiger partial charge in [0.1, 0.15) is 11.4 Å². The average Bonchev–Trinajstić information content (AvgIpc) is 2.93. The average molecular weight is 355 g/mol. The van der Waals surface area contributed by atoms with Crippen LogP contribution in [0.5, 0.6) is 0 Å². The SMILES string of the molecule is CC(C)(C)OC(=O)NCC1CCCCN1c1nc(C(C)(C)C)ns1. The van der Waals surface area contributed by atoms with Crippen molar-refractivity contribution >= 4 is 22.8 Å². The lowest BCUT2D eigenvalue weighted by molar-refractivity contribution is 0.0523. The Morgan fingerprint density at radius 3 is 2.58 bits per heavy atom. The minimum absolute atomic E-state index is 0.0468. The van der Waals surface area contributed by atoms with Gasteiger partial charge in [-0.2, -0.15) is 4.37 Å². The number of ether oxygens (including phenoxy) is 1. The molecule has 24 heavy (non-hydrogen) atoms. The molecule has 1 saturated heterocycles. The quantitative estimate of drug-likeness (QED) is 0.896. The molecule has 6 nitrogen and oxygen atoms in total. The van der Waals surface area contributed by atoms with Crippen LogP contribution in [0.25, 0.3) is 0 Å². The topological polar surface area (TPSA) is 67.3 Å². The second kappa shape index (κ2) is 7.25. The number of aromatic nitrogens is 2. The van der Waals surface area contributed by atoms with Crippen molar-refractivity contribution in [2.24, 2.45) is 0 Å². The lowest BCUT2D eigenvalue weighted by Crippen LogP contribution is -2.47. The van der Waals surface area contributed by atoms with E-state index in [4.69, 9.17) is 9.72 Å². The summed E-state index contributed by atoms with van der Waals surface area (Å²) in [7, 11) is 0. The molecule has 1 amide bonds. The Kier molecular flexibility index (Phi) is 5.73. The highest BCUT2D eigenvalue weighted by Gasteiger charge is 2.28. The molecule has 1 N–H and O–H groups in total. The zero-order valence-electron chi connectivity index (χ0n) is 15.7. The van der Waals surface area contributed by atoms with Crippen molar-refractivity contribution < 1.29 is 9.53 Å². The first-order chi connectivity index (χ1) is 11.1. The predicted octanol–water partition coefficient (Wildman–Crippen LogP) is 3.72. The van der Waals surface area contributed by atoms with E-state index in [-0.39, 0.29) is 17.6 Å². The Morgan fingerprint density at radius 2 is 2.00 bits per heavy atom. The van der Waals surface area contributed by atoms with E-state index in [2.05, 4.69) is 35.4 Å². The Balaban J connectivity index is 2.00. The standard InChI is InChI=1S/C17H30N4O2S/c1-16(2,3)13-19-14(24-20-13)21-10-8-7-9-12(21)11-18-15(22)23-17(4,5)6/h12H,7-11H2,1-6H3,(H,18,22). The molecule has 0 saturated carbocycles. The fourth-order valence-electron chi connectivity index (χ4n) is 2.62. The van der Waals surface area contributed by atoms with Gasteiger partial charge in [-0.05, 0) is 40.0 Å². The van der Waals surface area contributed by atoms with E-state index in [1.165, 1.54) is 18.0 Å². The van der Waals surface area contributed by atoms with Crippen molar-refractivity contribution in [2.45, 2.75) is 77.9 Å². The minimum atomic E-state index is -0.475. The van der Waals surface area contributed by atoms with Gasteiger partial charge >= 0.3 is 6.09 Å². The second-order valence-electron chi connectivity index (χ2n) is 8.38. The van der Waals surface area contributed by atoms with E-state index in [9.17, 15) is 4.79 Å². The zero-order valence-corrected chi connectivity index (χ0v) is 16.5. The number of piperidine rings is 1. The third-order valence-corrected chi connectivity index (χ3v) is 4.59. The fraction of sp³-hybridized carbons (Fsp3) is 0.824. The summed E-state index contributed by atoms with van der Waals surface area (Å²) in [6, 6.07) is 0.243. The Hall–Kier alpha value is -1.37. The van der Waals surface area contributed by atoms with Crippen molar-refractivity contribution in [3.8, 4) is 0 Å². The monoisotopic (exact) mass is 354 g/mol. The number of rotatable bonds is 3. The van der Waals surface area contributed by atoms with Gasteiger partial charge in [0.15, 0.2) is 0 Å². The van der Waals surface area contributed by atoms with Gasteiger partial charge in [0.05, 0.1) is 0 Å². The highest BCUT2D eigenvalue weighted by Crippen LogP contribution is 2.29. The maximum absolute atomic E-state index is 11.9. The van der Waals surface area contributed by atoms with Crippen LogP contribution in [0.3, 0.4) is 0 Å². The van der Waals surface area contributed by atoms with Crippen LogP contribution < -0.4 is 10.2 Å². The summed E-state index contributed by atoms with van der Waals surface area (Å²) in [6.45, 7) is 13.5. The Labute approximate surface area is 149 Å². The minimum Gasteiger partial charge on any atom is -0.444 e. The first-order valence-corrected chi connectivity index (χ1v) is 9.41. The summed E-state index contributed by atoms with van der Waals surface area (Å²) in [5, 5.41) is 3.85. The predicted molar refractivity (Wildman–Crippen MR) is 97.8 cm³/mol. The molecule has 1 fully saturated rings. The number of anilines is 1. The van der Waals surface area contributed by atoms with Gasteiger partial charge in [0.2, 0.25) is 5.13 Å². The van der Waals surface area contributed by atoms with Crippen molar-refractivity contribution in [3.05, 3.63) is 5.82 Å². The summed E-state index contributed by atoms with van der Waals surface area (Å²) in [5.74, 6) is 0.881. The van der Waals surface area contributed by atoms with Gasteiger partial charge in [-0.3, -0.25) is 0 Å². The molecule has 0 aliphatic carbocycles. The van der Waals surface area contributed by atoms with E-state index in [1.54, 1.807) is 0 Å². The van der Waals surface area contributed by atoms with Crippen LogP contribution in [0, 0.1) is 0 Å². The van der Waals surface area contributed by atoms with Gasteiger partial charge < -0.3 is 15.0 Å². The lowest BCUT2D eigenvalue weighted by atomic mass is 9.96. The first kappa shape index (κ1) is 19.0. The van der Waals surface area contributed by atoms with E-state index < -0.39 is 5.60 Å². The van der Waals surface area contributed by atoms with Crippen LogP contribution in [0.2, 0.25) is 0 Å². The molecule has 136 valence electrons. The van der Waals surface area contributed by atoms with E-state index in [0.29, 0.717) is 6.54 Å². The zero-order chi connectivity index (χ0) is 18.0. The summed E-state index contributed by atoms with van der Waals surface area (Å²) in [6.07, 6.45) is 3.00. The molecular weight excluding hydrogens is 324 g/mol. The number of nitrogens with one attached hydrogen (secondary N) is 1. The van der Waals surface area contributed by atoms with Crippen LogP contribution in [-0.4, -0.2) is 40.2 Å². The fourth-order valence-corrected chi connectivity index (χ4v) is 3.57. The smallest absolute Gasteiger partial charge is 0.407 e. The molecule has 2 heterocycles. The second-order valence-corrected chi connectivity index (χ2v) is 9.11. The van der Waals surface area contributed by atoms with E-state index in [0.717, 1.165) is 30.3 Å². The van der Waals surface area contributed by atoms with E-state index in [1.807, 2.05) is 20.8 Å². The molecule has 0 spiro atoms. The normalized spacial score (nSPS) is 19.2. The molecule has 0 bridgehead atoms. The highest BCUT2D eigenvalue weighted by molar-refractivity contribution is 7.09. The molecule has 1 atom stereocenters. The molecule has 1 unspecified atom stereocenters. The number of alkyl carbamates (subject to hydrolysis) is 1. The third-order valence-electron chi connectivity index (χ3n) is 3.84. The number of hydrogen-bond acceptors (Lipinski definition) is 6. The summed E-state index contributed by atoms with van der Waals surface area (Å²) in [5.41, 5.74) is -0.522. The maximum Gasteiger partial charge on any atom is 0.407 e. The van der Waals surface area contributed by atoms with Gasteiger partial charge in [-0.15, -0.1) is 0 Å². The summed E-state index contributed by atoms with van der Waals surface area (Å²) < 4.78 is 9.84. The number of amides is 1. The summed E-state index contributed by atoms with van der Waals surface area (Å²) >= 11 is 1.45. The van der Waals surface area contributed by atoms with Gasteiger partial charge in [0.25, 0.3) is 0 Å². The van der Waals surface area contributed by atoms with Crippen molar-refractivity contribution in [2.75, 3.05) is 18.0 Å². The molecule has 0 radical (unpaired) electrons. The molecule has 1 aromatic rings. The van der Waals surface area contributed by atoms with Crippen molar-refractivity contribution in [1.29, 1.82) is 0 Å². The maximum atomic E-state index is 11.9. The van der Waals surface area contributed by atoms with Crippen LogP contribution in [0.4, 0.5) is 9.93 Å². The van der Waals surface area contributed by atoms with Crippen molar-refractivity contribution in [1.82, 2.24) is 14.7 Å². The molecule has 7 heteroatoms. The van der Waals surface area contributed by atoms with Gasteiger partial charge in [0, 0.05) is 36.1 Å². The van der Waals surface area contributed by atoms with Crippen LogP contribution in [-0.2, 0) is 10.2 Å². The summed E-state index contributed by atoms with van der Waals surface area (Å²) in [4.78, 5) is 18.9. The highest BCUT2D eigenvalue weighted by atomic mass is 32.1. The Bertz CT molecular complexity index is 560. The van der Waals surface area contributed by atoms with Gasteiger partial charge in [-0.25, -0.2) is 9.78 Å². The largest absolute Gasteiger partial charge is 0.444 e. The molecule has 0 aromatic carbocycles. The Morgan fingerprint density at radius 1 is 1.29 bits per heavy atom. The number of carbonyl (C=O) groups is 1. The molecule has 2 rings (SSSR count).